The van der Waals surface area contributed by atoms with Crippen LogP contribution in [0.3, 0.4) is 0 Å². The number of amides is 1. The first kappa shape index (κ1) is 16.9. The number of pyridine rings is 1. The minimum atomic E-state index is -0.382. The maximum atomic E-state index is 12.6. The highest BCUT2D eigenvalue weighted by atomic mass is 16.5. The van der Waals surface area contributed by atoms with Crippen molar-refractivity contribution in [1.82, 2.24) is 20.1 Å². The molecule has 1 amide bonds. The number of aromatic nitrogens is 3. The molecule has 3 rings (SSSR count). The molecule has 0 saturated carbocycles. The maximum absolute atomic E-state index is 12.6. The fourth-order valence-corrected chi connectivity index (χ4v) is 2.45. The third-order valence-corrected chi connectivity index (χ3v) is 3.72. The SMILES string of the molecule is CCc1ccc([C@@H](COC)NC(=O)c2cccc(-n3cccn3)n2)o1. The van der Waals surface area contributed by atoms with Crippen molar-refractivity contribution in [3.63, 3.8) is 0 Å². The monoisotopic (exact) mass is 340 g/mol. The summed E-state index contributed by atoms with van der Waals surface area (Å²) in [7, 11) is 1.58. The van der Waals surface area contributed by atoms with E-state index in [2.05, 4.69) is 15.4 Å². The van der Waals surface area contributed by atoms with Crippen LogP contribution in [0.1, 0.15) is 35.0 Å². The molecule has 1 N–H and O–H groups in total. The van der Waals surface area contributed by atoms with Crippen molar-refractivity contribution >= 4 is 5.91 Å². The Morgan fingerprint density at radius 2 is 2.20 bits per heavy atom. The molecule has 0 saturated heterocycles. The summed E-state index contributed by atoms with van der Waals surface area (Å²) in [5, 5.41) is 7.04. The number of carbonyl (C=O) groups is 1. The Kier molecular flexibility index (Phi) is 5.25. The molecule has 0 aliphatic rings. The van der Waals surface area contributed by atoms with Gasteiger partial charge in [-0.05, 0) is 30.3 Å². The second-order valence-corrected chi connectivity index (χ2v) is 5.47. The van der Waals surface area contributed by atoms with Gasteiger partial charge in [0.25, 0.3) is 5.91 Å². The topological polar surface area (TPSA) is 82.2 Å². The standard InChI is InChI=1S/C18H20N4O3/c1-3-13-8-9-16(25-13)15(12-24-2)21-18(23)14-6-4-7-17(20-14)22-11-5-10-19-22/h4-11,15H,3,12H2,1-2H3,(H,21,23)/t15-/m1/s1. The highest BCUT2D eigenvalue weighted by molar-refractivity contribution is 5.92. The first-order valence-electron chi connectivity index (χ1n) is 8.06. The molecule has 25 heavy (non-hydrogen) atoms. The van der Waals surface area contributed by atoms with Gasteiger partial charge in [0.2, 0.25) is 0 Å². The van der Waals surface area contributed by atoms with Crippen LogP contribution in [0.25, 0.3) is 5.82 Å². The summed E-state index contributed by atoms with van der Waals surface area (Å²) in [5.74, 6) is 1.80. The van der Waals surface area contributed by atoms with Crippen LogP contribution in [0, 0.1) is 0 Å². The third kappa shape index (κ3) is 3.95. The van der Waals surface area contributed by atoms with Crippen LogP contribution in [0.5, 0.6) is 0 Å². The van der Waals surface area contributed by atoms with Crippen LogP contribution in [0.4, 0.5) is 0 Å². The molecule has 0 radical (unpaired) electrons. The van der Waals surface area contributed by atoms with Gasteiger partial charge < -0.3 is 14.5 Å². The zero-order valence-corrected chi connectivity index (χ0v) is 14.2. The predicted molar refractivity (Wildman–Crippen MR) is 91.5 cm³/mol. The first-order chi connectivity index (χ1) is 12.2. The molecule has 1 atom stereocenters. The molecule has 130 valence electrons. The van der Waals surface area contributed by atoms with Gasteiger partial charge in [-0.2, -0.15) is 5.10 Å². The number of furan rings is 1. The summed E-state index contributed by atoms with van der Waals surface area (Å²) < 4.78 is 12.5. The van der Waals surface area contributed by atoms with Crippen LogP contribution in [-0.2, 0) is 11.2 Å². The summed E-state index contributed by atoms with van der Waals surface area (Å²) >= 11 is 0. The fourth-order valence-electron chi connectivity index (χ4n) is 2.45. The van der Waals surface area contributed by atoms with Crippen molar-refractivity contribution in [2.75, 3.05) is 13.7 Å². The highest BCUT2D eigenvalue weighted by Gasteiger charge is 2.20. The van der Waals surface area contributed by atoms with Crippen LogP contribution in [0.15, 0.2) is 53.2 Å². The Morgan fingerprint density at radius 3 is 2.88 bits per heavy atom. The summed E-state index contributed by atoms with van der Waals surface area (Å²) in [5.41, 5.74) is 0.302. The van der Waals surface area contributed by atoms with E-state index >= 15 is 0 Å². The van der Waals surface area contributed by atoms with Gasteiger partial charge in [0.1, 0.15) is 23.3 Å². The Hall–Kier alpha value is -2.93. The molecule has 7 heteroatoms. The molecule has 0 aliphatic heterocycles. The average molecular weight is 340 g/mol. The van der Waals surface area contributed by atoms with E-state index in [1.807, 2.05) is 19.1 Å². The van der Waals surface area contributed by atoms with E-state index in [0.29, 0.717) is 23.9 Å². The molecule has 3 aromatic heterocycles. The van der Waals surface area contributed by atoms with Gasteiger partial charge in [0.15, 0.2) is 5.82 Å². The number of hydrogen-bond donors (Lipinski definition) is 1. The lowest BCUT2D eigenvalue weighted by atomic mass is 10.2. The van der Waals surface area contributed by atoms with E-state index in [4.69, 9.17) is 9.15 Å². The predicted octanol–water partition coefficient (Wildman–Crippen LogP) is 2.54. The van der Waals surface area contributed by atoms with Gasteiger partial charge in [-0.25, -0.2) is 9.67 Å². The summed E-state index contributed by atoms with van der Waals surface area (Å²) in [6, 6.07) is 10.4. The molecule has 3 heterocycles. The third-order valence-electron chi connectivity index (χ3n) is 3.72. The van der Waals surface area contributed by atoms with Gasteiger partial charge in [-0.1, -0.05) is 13.0 Å². The zero-order valence-electron chi connectivity index (χ0n) is 14.2. The van der Waals surface area contributed by atoms with Crippen LogP contribution >= 0.6 is 0 Å². The smallest absolute Gasteiger partial charge is 0.270 e. The van der Waals surface area contributed by atoms with Crippen LogP contribution < -0.4 is 5.32 Å². The maximum Gasteiger partial charge on any atom is 0.270 e. The Balaban J connectivity index is 1.78. The van der Waals surface area contributed by atoms with E-state index in [-0.39, 0.29) is 11.9 Å². The van der Waals surface area contributed by atoms with E-state index < -0.39 is 0 Å². The van der Waals surface area contributed by atoms with Crippen LogP contribution in [-0.4, -0.2) is 34.4 Å². The van der Waals surface area contributed by atoms with Gasteiger partial charge in [0, 0.05) is 25.9 Å². The molecular formula is C18H20N4O3. The number of methoxy groups -OCH3 is 1. The summed E-state index contributed by atoms with van der Waals surface area (Å²) in [4.78, 5) is 17.0. The summed E-state index contributed by atoms with van der Waals surface area (Å²) in [6.07, 6.45) is 4.22. The molecular weight excluding hydrogens is 320 g/mol. The lowest BCUT2D eigenvalue weighted by Crippen LogP contribution is -2.31. The van der Waals surface area contributed by atoms with Crippen LogP contribution in [0.2, 0.25) is 0 Å². The van der Waals surface area contributed by atoms with Crippen molar-refractivity contribution < 1.29 is 13.9 Å². The number of ether oxygens (including phenoxy) is 1. The lowest BCUT2D eigenvalue weighted by Gasteiger charge is -2.16. The molecule has 0 aliphatic carbocycles. The van der Waals surface area contributed by atoms with Gasteiger partial charge in [-0.15, -0.1) is 0 Å². The number of rotatable bonds is 7. The van der Waals surface area contributed by atoms with Crippen molar-refractivity contribution in [3.8, 4) is 5.82 Å². The number of nitrogens with zero attached hydrogens (tertiary/aromatic N) is 3. The molecule has 0 bridgehead atoms. The number of carbonyl (C=O) groups excluding carboxylic acids is 1. The fraction of sp³-hybridized carbons (Fsp3) is 0.278. The molecule has 0 aromatic carbocycles. The molecule has 3 aromatic rings. The molecule has 7 nitrogen and oxygen atoms in total. The molecule has 0 spiro atoms. The van der Waals surface area contributed by atoms with Gasteiger partial charge in [0.05, 0.1) is 6.61 Å². The molecule has 0 fully saturated rings. The highest BCUT2D eigenvalue weighted by Crippen LogP contribution is 2.18. The number of nitrogens with one attached hydrogen (secondary N) is 1. The van der Waals surface area contributed by atoms with Crippen molar-refractivity contribution in [1.29, 1.82) is 0 Å². The summed E-state index contributed by atoms with van der Waals surface area (Å²) in [6.45, 7) is 2.32. The number of hydrogen-bond acceptors (Lipinski definition) is 5. The second-order valence-electron chi connectivity index (χ2n) is 5.47. The van der Waals surface area contributed by atoms with E-state index in [1.165, 1.54) is 0 Å². The van der Waals surface area contributed by atoms with Crippen molar-refractivity contribution in [3.05, 3.63) is 66.0 Å². The molecule has 0 unspecified atom stereocenters. The zero-order chi connectivity index (χ0) is 17.6. The van der Waals surface area contributed by atoms with Gasteiger partial charge in [-0.3, -0.25) is 4.79 Å². The Morgan fingerprint density at radius 1 is 1.32 bits per heavy atom. The largest absolute Gasteiger partial charge is 0.464 e. The van der Waals surface area contributed by atoms with E-state index in [9.17, 15) is 4.79 Å². The van der Waals surface area contributed by atoms with Gasteiger partial charge >= 0.3 is 0 Å². The minimum Gasteiger partial charge on any atom is -0.464 e. The Labute approximate surface area is 145 Å². The lowest BCUT2D eigenvalue weighted by molar-refractivity contribution is 0.0877. The van der Waals surface area contributed by atoms with E-state index in [1.54, 1.807) is 48.5 Å². The quantitative estimate of drug-likeness (QED) is 0.715. The Bertz CT molecular complexity index is 826. The minimum absolute atomic E-state index is 0.300. The second kappa shape index (κ2) is 7.76. The normalized spacial score (nSPS) is 12.1. The van der Waals surface area contributed by atoms with Crippen molar-refractivity contribution in [2.45, 2.75) is 19.4 Å². The van der Waals surface area contributed by atoms with Crippen molar-refractivity contribution in [2.24, 2.45) is 0 Å². The number of aryl methyl sites for hydroxylation is 1. The van der Waals surface area contributed by atoms with E-state index in [0.717, 1.165) is 12.2 Å². The first-order valence-corrected chi connectivity index (χ1v) is 8.06. The average Bonchev–Trinajstić information content (AvgIpc) is 3.33.